The van der Waals surface area contributed by atoms with E-state index in [9.17, 15) is 14.4 Å². The molecule has 0 aliphatic carbocycles. The molecule has 4 amide bonds. The first-order chi connectivity index (χ1) is 8.00. The van der Waals surface area contributed by atoms with Crippen molar-refractivity contribution in [1.82, 2.24) is 5.32 Å². The molecular formula is C12H10N2O3. The number of amides is 4. The number of carbonyl (C=O) groups is 3. The van der Waals surface area contributed by atoms with Crippen molar-refractivity contribution < 1.29 is 14.4 Å². The molecular weight excluding hydrogens is 220 g/mol. The maximum Gasteiger partial charge on any atom is 0.335 e. The van der Waals surface area contributed by atoms with Gasteiger partial charge in [0.15, 0.2) is 0 Å². The summed E-state index contributed by atoms with van der Waals surface area (Å²) in [6.45, 7) is 5.24. The van der Waals surface area contributed by atoms with Crippen molar-refractivity contribution in [2.75, 3.05) is 4.90 Å². The molecule has 1 fully saturated rings. The molecule has 1 aliphatic heterocycles. The number of barbiturate groups is 1. The number of rotatable bonds is 1. The maximum absolute atomic E-state index is 11.8. The topological polar surface area (TPSA) is 66.5 Å². The van der Waals surface area contributed by atoms with E-state index in [0.29, 0.717) is 5.69 Å². The Kier molecular flexibility index (Phi) is 2.51. The van der Waals surface area contributed by atoms with Gasteiger partial charge in [-0.3, -0.25) is 14.9 Å². The summed E-state index contributed by atoms with van der Waals surface area (Å²) in [5, 5.41) is 2.05. The fourth-order valence-electron chi connectivity index (χ4n) is 1.48. The molecule has 0 aromatic heterocycles. The summed E-state index contributed by atoms with van der Waals surface area (Å²) in [5.41, 5.74) is 1.17. The summed E-state index contributed by atoms with van der Waals surface area (Å²) in [6.07, 6.45) is 0. The maximum atomic E-state index is 11.8. The molecule has 0 radical (unpaired) electrons. The minimum Gasteiger partial charge on any atom is -0.273 e. The second-order valence-corrected chi connectivity index (χ2v) is 3.71. The number of anilines is 1. The van der Waals surface area contributed by atoms with Crippen LogP contribution in [0.15, 0.2) is 36.4 Å². The molecule has 17 heavy (non-hydrogen) atoms. The highest BCUT2D eigenvalue weighted by Gasteiger charge is 2.35. The summed E-state index contributed by atoms with van der Waals surface area (Å²) in [4.78, 5) is 35.4. The quantitative estimate of drug-likeness (QED) is 0.581. The van der Waals surface area contributed by atoms with Gasteiger partial charge in [-0.1, -0.05) is 24.3 Å². The van der Waals surface area contributed by atoms with Crippen LogP contribution in [0.1, 0.15) is 5.56 Å². The fraction of sp³-hybridized carbons (Fsp3) is 0.0833. The van der Waals surface area contributed by atoms with Gasteiger partial charge in [0.2, 0.25) is 0 Å². The van der Waals surface area contributed by atoms with E-state index in [1.807, 2.05) is 6.92 Å². The number of imide groups is 2. The number of urea groups is 1. The first-order valence-electron chi connectivity index (χ1n) is 4.96. The predicted octanol–water partition coefficient (Wildman–Crippen LogP) is 1.13. The van der Waals surface area contributed by atoms with Crippen molar-refractivity contribution in [2.45, 2.75) is 6.92 Å². The Bertz CT molecular complexity index is 531. The van der Waals surface area contributed by atoms with Crippen molar-refractivity contribution in [2.24, 2.45) is 0 Å². The van der Waals surface area contributed by atoms with Crippen molar-refractivity contribution in [1.29, 1.82) is 0 Å². The largest absolute Gasteiger partial charge is 0.335 e. The van der Waals surface area contributed by atoms with Gasteiger partial charge in [-0.25, -0.2) is 9.69 Å². The molecule has 0 bridgehead atoms. The normalized spacial score (nSPS) is 16.2. The minimum absolute atomic E-state index is 0.245. The molecule has 0 unspecified atom stereocenters. The number of nitrogens with zero attached hydrogens (tertiary/aromatic N) is 1. The highest BCUT2D eigenvalue weighted by molar-refractivity contribution is 6.37. The molecule has 1 heterocycles. The Morgan fingerprint density at radius 1 is 1.12 bits per heavy atom. The molecule has 1 aliphatic rings. The van der Waals surface area contributed by atoms with E-state index < -0.39 is 17.8 Å². The van der Waals surface area contributed by atoms with Crippen LogP contribution in [0, 0.1) is 6.92 Å². The zero-order valence-corrected chi connectivity index (χ0v) is 9.19. The average molecular weight is 230 g/mol. The first-order valence-corrected chi connectivity index (χ1v) is 4.96. The van der Waals surface area contributed by atoms with Crippen LogP contribution in [0.4, 0.5) is 10.5 Å². The van der Waals surface area contributed by atoms with Crippen LogP contribution >= 0.6 is 0 Å². The molecule has 2 rings (SSSR count). The Labute approximate surface area is 97.7 Å². The van der Waals surface area contributed by atoms with Gasteiger partial charge in [-0.15, -0.1) is 0 Å². The number of nitrogens with one attached hydrogen (secondary N) is 1. The molecule has 0 saturated carbocycles. The van der Waals surface area contributed by atoms with E-state index in [1.165, 1.54) is 0 Å². The standard InChI is InChI=1S/C12H10N2O3/c1-7-3-5-9(6-4-7)14-11(16)8(2)10(15)13-12(14)17/h3-6H,2H2,1H3,(H,13,15,17). The highest BCUT2D eigenvalue weighted by Crippen LogP contribution is 2.19. The molecule has 1 N–H and O–H groups in total. The first kappa shape index (κ1) is 11.1. The van der Waals surface area contributed by atoms with Crippen LogP contribution in [0.5, 0.6) is 0 Å². The van der Waals surface area contributed by atoms with E-state index >= 15 is 0 Å². The molecule has 5 heteroatoms. The fourth-order valence-corrected chi connectivity index (χ4v) is 1.48. The average Bonchev–Trinajstić information content (AvgIpc) is 2.29. The van der Waals surface area contributed by atoms with Crippen LogP contribution in [0.25, 0.3) is 0 Å². The lowest BCUT2D eigenvalue weighted by molar-refractivity contribution is -0.122. The summed E-state index contributed by atoms with van der Waals surface area (Å²) in [6, 6.07) is 6.06. The Morgan fingerprint density at radius 2 is 1.71 bits per heavy atom. The number of carbonyl (C=O) groups excluding carboxylic acids is 3. The Morgan fingerprint density at radius 3 is 2.29 bits per heavy atom. The minimum atomic E-state index is -0.753. The van der Waals surface area contributed by atoms with Crippen LogP contribution in [-0.2, 0) is 9.59 Å². The van der Waals surface area contributed by atoms with Crippen LogP contribution in [0.2, 0.25) is 0 Å². The van der Waals surface area contributed by atoms with E-state index in [2.05, 4.69) is 11.9 Å². The van der Waals surface area contributed by atoms with E-state index in [4.69, 9.17) is 0 Å². The zero-order valence-electron chi connectivity index (χ0n) is 9.19. The monoisotopic (exact) mass is 230 g/mol. The van der Waals surface area contributed by atoms with Gasteiger partial charge in [0.25, 0.3) is 11.8 Å². The van der Waals surface area contributed by atoms with Crippen molar-refractivity contribution in [3.8, 4) is 0 Å². The second kappa shape index (κ2) is 3.86. The molecule has 1 aromatic carbocycles. The van der Waals surface area contributed by atoms with Crippen molar-refractivity contribution in [3.05, 3.63) is 42.0 Å². The van der Waals surface area contributed by atoms with Gasteiger partial charge < -0.3 is 0 Å². The van der Waals surface area contributed by atoms with E-state index in [1.54, 1.807) is 24.3 Å². The number of hydrogen-bond donors (Lipinski definition) is 1. The summed E-state index contributed by atoms with van der Waals surface area (Å²) >= 11 is 0. The summed E-state index contributed by atoms with van der Waals surface area (Å²) in [7, 11) is 0. The third-order valence-electron chi connectivity index (χ3n) is 2.45. The number of hydrogen-bond acceptors (Lipinski definition) is 3. The van der Waals surface area contributed by atoms with Crippen LogP contribution in [0.3, 0.4) is 0 Å². The van der Waals surface area contributed by atoms with Gasteiger partial charge in [-0.2, -0.15) is 0 Å². The Hall–Kier alpha value is -2.43. The van der Waals surface area contributed by atoms with Crippen molar-refractivity contribution >= 4 is 23.5 Å². The lowest BCUT2D eigenvalue weighted by Gasteiger charge is -2.25. The number of benzene rings is 1. The third kappa shape index (κ3) is 1.82. The lowest BCUT2D eigenvalue weighted by atomic mass is 10.1. The van der Waals surface area contributed by atoms with Crippen LogP contribution in [-0.4, -0.2) is 17.8 Å². The number of aryl methyl sites for hydroxylation is 1. The smallest absolute Gasteiger partial charge is 0.273 e. The Balaban J connectivity index is 2.40. The zero-order chi connectivity index (χ0) is 12.6. The molecule has 1 aromatic rings. The van der Waals surface area contributed by atoms with Gasteiger partial charge in [0.1, 0.15) is 0 Å². The second-order valence-electron chi connectivity index (χ2n) is 3.71. The van der Waals surface area contributed by atoms with E-state index in [0.717, 1.165) is 10.5 Å². The highest BCUT2D eigenvalue weighted by atomic mass is 16.2. The van der Waals surface area contributed by atoms with Crippen LogP contribution < -0.4 is 10.2 Å². The van der Waals surface area contributed by atoms with Gasteiger partial charge in [-0.05, 0) is 19.1 Å². The lowest BCUT2D eigenvalue weighted by Crippen LogP contribution is -2.54. The molecule has 0 spiro atoms. The predicted molar refractivity (Wildman–Crippen MR) is 61.3 cm³/mol. The molecule has 5 nitrogen and oxygen atoms in total. The SMILES string of the molecule is C=C1C(=O)NC(=O)N(c2ccc(C)cc2)C1=O. The third-order valence-corrected chi connectivity index (χ3v) is 2.45. The van der Waals surface area contributed by atoms with Gasteiger partial charge >= 0.3 is 6.03 Å². The van der Waals surface area contributed by atoms with E-state index in [-0.39, 0.29) is 5.57 Å². The molecule has 0 atom stereocenters. The summed E-state index contributed by atoms with van der Waals surface area (Å²) in [5.74, 6) is -1.44. The van der Waals surface area contributed by atoms with Gasteiger partial charge in [0, 0.05) is 0 Å². The summed E-state index contributed by atoms with van der Waals surface area (Å²) < 4.78 is 0. The molecule has 86 valence electrons. The van der Waals surface area contributed by atoms with Gasteiger partial charge in [0.05, 0.1) is 11.3 Å². The molecule has 1 saturated heterocycles. The van der Waals surface area contributed by atoms with Crippen molar-refractivity contribution in [3.63, 3.8) is 0 Å².